The number of nitrogens with zero attached hydrogens (tertiary/aromatic N) is 1. The summed E-state index contributed by atoms with van der Waals surface area (Å²) in [5.74, 6) is -1.21. The number of aromatic amines is 1. The van der Waals surface area contributed by atoms with E-state index in [1.165, 1.54) is 6.07 Å². The Bertz CT molecular complexity index is 978. The molecule has 4 rings (SSSR count). The highest BCUT2D eigenvalue weighted by atomic mass is 19.4. The predicted molar refractivity (Wildman–Crippen MR) is 98.5 cm³/mol. The van der Waals surface area contributed by atoms with E-state index in [0.717, 1.165) is 18.5 Å². The van der Waals surface area contributed by atoms with E-state index in [1.807, 2.05) is 30.3 Å². The number of rotatable bonds is 4. The predicted octanol–water partition coefficient (Wildman–Crippen LogP) is 3.40. The van der Waals surface area contributed by atoms with Gasteiger partial charge in [-0.25, -0.2) is 4.98 Å². The average Bonchev–Trinajstić information content (AvgIpc) is 3.35. The molecule has 3 N–H and O–H groups in total. The van der Waals surface area contributed by atoms with Gasteiger partial charge < -0.3 is 15.6 Å². The molecule has 0 radical (unpaired) electrons. The number of H-pyrrole nitrogens is 1. The second-order valence-electron chi connectivity index (χ2n) is 6.90. The van der Waals surface area contributed by atoms with Crippen molar-refractivity contribution in [2.45, 2.75) is 18.6 Å². The van der Waals surface area contributed by atoms with Crippen molar-refractivity contribution < 1.29 is 18.0 Å². The monoisotopic (exact) mass is 388 g/mol. The first-order valence-corrected chi connectivity index (χ1v) is 9.05. The van der Waals surface area contributed by atoms with Crippen molar-refractivity contribution in [3.63, 3.8) is 0 Å². The molecule has 1 aliphatic heterocycles. The van der Waals surface area contributed by atoms with Crippen LogP contribution in [-0.4, -0.2) is 29.0 Å². The zero-order valence-electron chi connectivity index (χ0n) is 14.9. The van der Waals surface area contributed by atoms with Crippen LogP contribution >= 0.6 is 0 Å². The summed E-state index contributed by atoms with van der Waals surface area (Å²) in [6.07, 6.45) is -3.77. The second kappa shape index (κ2) is 7.27. The topological polar surface area (TPSA) is 69.8 Å². The highest BCUT2D eigenvalue weighted by molar-refractivity contribution is 5.81. The van der Waals surface area contributed by atoms with Crippen molar-refractivity contribution in [1.82, 2.24) is 20.6 Å². The quantitative estimate of drug-likeness (QED) is 0.642. The third-order valence-electron chi connectivity index (χ3n) is 4.96. The molecule has 1 saturated heterocycles. The molecule has 2 atom stereocenters. The summed E-state index contributed by atoms with van der Waals surface area (Å²) >= 11 is 0. The number of halogens is 3. The number of nitrogens with one attached hydrogen (secondary N) is 3. The number of alkyl halides is 3. The summed E-state index contributed by atoms with van der Waals surface area (Å²) in [4.78, 5) is 18.6. The minimum absolute atomic E-state index is 0.0699. The van der Waals surface area contributed by atoms with Crippen LogP contribution in [0.15, 0.2) is 48.5 Å². The molecule has 3 aromatic rings. The van der Waals surface area contributed by atoms with Gasteiger partial charge in [0.2, 0.25) is 11.7 Å². The van der Waals surface area contributed by atoms with Crippen LogP contribution in [0, 0.1) is 5.92 Å². The van der Waals surface area contributed by atoms with Gasteiger partial charge in [-0.1, -0.05) is 36.4 Å². The van der Waals surface area contributed by atoms with E-state index in [0.29, 0.717) is 12.1 Å². The van der Waals surface area contributed by atoms with Gasteiger partial charge in [0.05, 0.1) is 23.0 Å². The molecule has 0 bridgehead atoms. The molecule has 1 aromatic heterocycles. The van der Waals surface area contributed by atoms with Gasteiger partial charge in [0.25, 0.3) is 0 Å². The average molecular weight is 388 g/mol. The zero-order valence-corrected chi connectivity index (χ0v) is 14.9. The smallest absolute Gasteiger partial charge is 0.345 e. The molecule has 2 heterocycles. The van der Waals surface area contributed by atoms with Gasteiger partial charge in [-0.3, -0.25) is 4.79 Å². The highest BCUT2D eigenvalue weighted by Crippen LogP contribution is 2.30. The molecule has 1 amide bonds. The van der Waals surface area contributed by atoms with Crippen LogP contribution in [0.2, 0.25) is 0 Å². The summed E-state index contributed by atoms with van der Waals surface area (Å²) in [5.41, 5.74) is 2.06. The Hall–Kier alpha value is -2.87. The molecular weight excluding hydrogens is 369 g/mol. The molecule has 0 aliphatic carbocycles. The van der Waals surface area contributed by atoms with Crippen molar-refractivity contribution in [3.8, 4) is 0 Å². The van der Waals surface area contributed by atoms with Crippen molar-refractivity contribution in [3.05, 3.63) is 65.5 Å². The van der Waals surface area contributed by atoms with Crippen molar-refractivity contribution >= 4 is 16.9 Å². The summed E-state index contributed by atoms with van der Waals surface area (Å²) < 4.78 is 38.8. The number of fused-ring (bicyclic) bond motifs is 1. The molecule has 5 nitrogen and oxygen atoms in total. The standard InChI is InChI=1S/C20H19F3N4O/c21-20(22,23)19-25-15-7-6-13(10-16(15)26-19)17(12-4-2-1-3-5-12)27-18(28)14-8-9-24-11-14/h1-7,10,14,17,24H,8-9,11H2,(H,25,26)(H,27,28). The number of carbonyl (C=O) groups is 1. The first-order chi connectivity index (χ1) is 13.4. The number of aromatic nitrogens is 2. The maximum atomic E-state index is 12.9. The van der Waals surface area contributed by atoms with E-state index in [1.54, 1.807) is 12.1 Å². The lowest BCUT2D eigenvalue weighted by Crippen LogP contribution is -2.35. The molecule has 1 fully saturated rings. The van der Waals surface area contributed by atoms with Crippen LogP contribution in [0.3, 0.4) is 0 Å². The Kier molecular flexibility index (Phi) is 4.80. The third kappa shape index (κ3) is 3.73. The third-order valence-corrected chi connectivity index (χ3v) is 4.96. The first-order valence-electron chi connectivity index (χ1n) is 9.05. The minimum atomic E-state index is -4.54. The zero-order chi connectivity index (χ0) is 19.7. The number of benzene rings is 2. The Morgan fingerprint density at radius 2 is 1.93 bits per heavy atom. The highest BCUT2D eigenvalue weighted by Gasteiger charge is 2.35. The Balaban J connectivity index is 1.70. The van der Waals surface area contributed by atoms with Crippen molar-refractivity contribution in [2.24, 2.45) is 5.92 Å². The molecule has 0 saturated carbocycles. The first kappa shape index (κ1) is 18.5. The van der Waals surface area contributed by atoms with Crippen LogP contribution in [0.5, 0.6) is 0 Å². The normalized spacial score (nSPS) is 18.3. The Morgan fingerprint density at radius 1 is 1.14 bits per heavy atom. The molecule has 1 aliphatic rings. The van der Waals surface area contributed by atoms with Gasteiger partial charge in [0.15, 0.2) is 0 Å². The van der Waals surface area contributed by atoms with Crippen LogP contribution in [0.25, 0.3) is 11.0 Å². The van der Waals surface area contributed by atoms with E-state index in [2.05, 4.69) is 20.6 Å². The van der Waals surface area contributed by atoms with Crippen LogP contribution in [-0.2, 0) is 11.0 Å². The Morgan fingerprint density at radius 3 is 2.61 bits per heavy atom. The van der Waals surface area contributed by atoms with Gasteiger partial charge in [-0.05, 0) is 36.2 Å². The fourth-order valence-electron chi connectivity index (χ4n) is 3.48. The van der Waals surface area contributed by atoms with E-state index < -0.39 is 18.0 Å². The lowest BCUT2D eigenvalue weighted by molar-refractivity contribution is -0.144. The molecular formula is C20H19F3N4O. The van der Waals surface area contributed by atoms with Gasteiger partial charge >= 0.3 is 6.18 Å². The Labute approximate surface area is 159 Å². The van der Waals surface area contributed by atoms with Crippen LogP contribution < -0.4 is 10.6 Å². The number of imidazole rings is 1. The van der Waals surface area contributed by atoms with E-state index in [4.69, 9.17) is 0 Å². The summed E-state index contributed by atoms with van der Waals surface area (Å²) in [6.45, 7) is 1.43. The summed E-state index contributed by atoms with van der Waals surface area (Å²) in [5, 5.41) is 6.22. The molecule has 0 spiro atoms. The number of hydrogen-bond acceptors (Lipinski definition) is 3. The van der Waals surface area contributed by atoms with Crippen LogP contribution in [0.1, 0.15) is 29.4 Å². The van der Waals surface area contributed by atoms with Gasteiger partial charge in [0, 0.05) is 6.54 Å². The summed E-state index contributed by atoms with van der Waals surface area (Å²) in [6, 6.07) is 13.8. The van der Waals surface area contributed by atoms with Gasteiger partial charge in [-0.15, -0.1) is 0 Å². The van der Waals surface area contributed by atoms with E-state index in [9.17, 15) is 18.0 Å². The second-order valence-corrected chi connectivity index (χ2v) is 6.90. The SMILES string of the molecule is O=C(NC(c1ccccc1)c1ccc2nc(C(F)(F)F)[nH]c2c1)C1CCNC1. The summed E-state index contributed by atoms with van der Waals surface area (Å²) in [7, 11) is 0. The lowest BCUT2D eigenvalue weighted by atomic mass is 9.97. The molecule has 146 valence electrons. The maximum absolute atomic E-state index is 12.9. The maximum Gasteiger partial charge on any atom is 0.449 e. The van der Waals surface area contributed by atoms with Crippen LogP contribution in [0.4, 0.5) is 13.2 Å². The fourth-order valence-corrected chi connectivity index (χ4v) is 3.48. The van der Waals surface area contributed by atoms with Gasteiger partial charge in [0.1, 0.15) is 0 Å². The molecule has 2 unspecified atom stereocenters. The number of carbonyl (C=O) groups excluding carboxylic acids is 1. The molecule has 2 aromatic carbocycles. The van der Waals surface area contributed by atoms with Crippen molar-refractivity contribution in [2.75, 3.05) is 13.1 Å². The fraction of sp³-hybridized carbons (Fsp3) is 0.300. The van der Waals surface area contributed by atoms with Crippen molar-refractivity contribution in [1.29, 1.82) is 0 Å². The minimum Gasteiger partial charge on any atom is -0.345 e. The van der Waals surface area contributed by atoms with Gasteiger partial charge in [-0.2, -0.15) is 13.2 Å². The number of hydrogen-bond donors (Lipinski definition) is 3. The number of amides is 1. The largest absolute Gasteiger partial charge is 0.449 e. The lowest BCUT2D eigenvalue weighted by Gasteiger charge is -2.22. The molecule has 8 heteroatoms. The molecule has 28 heavy (non-hydrogen) atoms. The van der Waals surface area contributed by atoms with E-state index >= 15 is 0 Å². The van der Waals surface area contributed by atoms with E-state index in [-0.39, 0.29) is 22.9 Å².